The highest BCUT2D eigenvalue weighted by atomic mass is 19.1. The molecule has 12 nitrogen and oxygen atoms in total. The molecule has 0 bridgehead atoms. The number of rotatable bonds is 10. The third-order valence-corrected chi connectivity index (χ3v) is 5.77. The molecule has 0 aliphatic carbocycles. The fraction of sp³-hybridized carbons (Fsp3) is 0.240. The first-order valence-corrected chi connectivity index (χ1v) is 11.5. The molecule has 0 radical (unpaired) electrons. The maximum absolute atomic E-state index is 15.0. The summed E-state index contributed by atoms with van der Waals surface area (Å²) < 4.78 is 15.0. The molecule has 1 atom stereocenters. The molecule has 4 N–H and O–H groups in total. The number of hydrogen-bond donors (Lipinski definition) is 4. The number of benzene rings is 2. The van der Waals surface area contributed by atoms with Crippen LogP contribution in [0.15, 0.2) is 41.2 Å². The molecule has 0 saturated carbocycles. The van der Waals surface area contributed by atoms with Crippen molar-refractivity contribution in [2.75, 3.05) is 11.4 Å². The average molecular weight is 519 g/mol. The number of tetrazole rings is 1. The molecule has 13 heteroatoms. The first-order valence-electron chi connectivity index (χ1n) is 11.5. The molecule has 38 heavy (non-hydrogen) atoms. The van der Waals surface area contributed by atoms with Crippen molar-refractivity contribution in [2.24, 2.45) is 0 Å². The number of aromatic amines is 2. The summed E-state index contributed by atoms with van der Waals surface area (Å²) in [6.07, 6.45) is 5.70. The van der Waals surface area contributed by atoms with Gasteiger partial charge in [0.15, 0.2) is 0 Å². The third-order valence-electron chi connectivity index (χ3n) is 5.77. The zero-order chi connectivity index (χ0) is 27.2. The minimum absolute atomic E-state index is 0.00270. The van der Waals surface area contributed by atoms with E-state index in [9.17, 15) is 19.5 Å². The largest absolute Gasteiger partial charge is 0.480 e. The lowest BCUT2D eigenvalue weighted by Gasteiger charge is -2.23. The molecule has 4 aromatic rings. The topological polar surface area (TPSA) is 170 Å². The van der Waals surface area contributed by atoms with E-state index < -0.39 is 23.7 Å². The fourth-order valence-electron chi connectivity index (χ4n) is 3.91. The van der Waals surface area contributed by atoms with Crippen LogP contribution < -0.4 is 15.8 Å². The Kier molecular flexibility index (Phi) is 7.72. The van der Waals surface area contributed by atoms with Crippen LogP contribution in [0.25, 0.3) is 10.9 Å². The van der Waals surface area contributed by atoms with Crippen LogP contribution in [-0.4, -0.2) is 60.2 Å². The molecular formula is C25H23FN8O4. The molecule has 0 fully saturated rings. The number of nitrogens with one attached hydrogen (secondary N) is 3. The van der Waals surface area contributed by atoms with Gasteiger partial charge in [0, 0.05) is 18.7 Å². The van der Waals surface area contributed by atoms with Crippen molar-refractivity contribution in [3.05, 3.63) is 75.3 Å². The molecule has 2 aromatic heterocycles. The number of carbonyl (C=O) groups excluding carboxylic acids is 1. The lowest BCUT2D eigenvalue weighted by molar-refractivity contribution is -0.139. The molecule has 2 aromatic carbocycles. The highest BCUT2D eigenvalue weighted by Crippen LogP contribution is 2.22. The molecule has 0 aliphatic rings. The van der Waals surface area contributed by atoms with Crippen LogP contribution in [0.5, 0.6) is 0 Å². The van der Waals surface area contributed by atoms with Gasteiger partial charge in [-0.25, -0.2) is 19.3 Å². The number of terminal acetylenes is 1. The van der Waals surface area contributed by atoms with Crippen LogP contribution in [0.3, 0.4) is 0 Å². The minimum atomic E-state index is -1.28. The SMILES string of the molecule is C#CCN(Cc1ccc2nc(C)[nH]c(=O)c2c1)c1ccc(C(=O)NC(CCc2nnn[nH]2)C(=O)O)c(F)c1. The van der Waals surface area contributed by atoms with E-state index in [0.29, 0.717) is 28.2 Å². The van der Waals surface area contributed by atoms with E-state index in [-0.39, 0.29) is 37.1 Å². The summed E-state index contributed by atoms with van der Waals surface area (Å²) in [5, 5.41) is 25.2. The molecule has 194 valence electrons. The van der Waals surface area contributed by atoms with Crippen molar-refractivity contribution < 1.29 is 19.1 Å². The van der Waals surface area contributed by atoms with Gasteiger partial charge in [0.2, 0.25) is 0 Å². The summed E-state index contributed by atoms with van der Waals surface area (Å²) in [4.78, 5) is 45.3. The Bertz CT molecular complexity index is 1580. The van der Waals surface area contributed by atoms with Gasteiger partial charge in [0.25, 0.3) is 11.5 Å². The quantitative estimate of drug-likeness (QED) is 0.226. The van der Waals surface area contributed by atoms with E-state index in [1.807, 2.05) is 0 Å². The maximum atomic E-state index is 15.0. The van der Waals surface area contributed by atoms with Gasteiger partial charge in [-0.1, -0.05) is 12.0 Å². The molecule has 4 rings (SSSR count). The van der Waals surface area contributed by atoms with Gasteiger partial charge in [-0.05, 0) is 59.7 Å². The Hall–Kier alpha value is -5.12. The lowest BCUT2D eigenvalue weighted by atomic mass is 10.1. The Morgan fingerprint density at radius 2 is 2.08 bits per heavy atom. The summed E-state index contributed by atoms with van der Waals surface area (Å²) in [6.45, 7) is 2.08. The van der Waals surface area contributed by atoms with Crippen molar-refractivity contribution >= 4 is 28.5 Å². The van der Waals surface area contributed by atoms with E-state index in [2.05, 4.69) is 41.8 Å². The highest BCUT2D eigenvalue weighted by Gasteiger charge is 2.23. The van der Waals surface area contributed by atoms with Crippen LogP contribution in [-0.2, 0) is 17.8 Å². The van der Waals surface area contributed by atoms with Crippen LogP contribution in [0, 0.1) is 25.1 Å². The molecule has 0 aliphatic heterocycles. The van der Waals surface area contributed by atoms with E-state index >= 15 is 4.39 Å². The minimum Gasteiger partial charge on any atom is -0.480 e. The number of halogens is 1. The summed E-state index contributed by atoms with van der Waals surface area (Å²) in [6, 6.07) is 7.89. The third kappa shape index (κ3) is 5.98. The number of carboxylic acids is 1. The van der Waals surface area contributed by atoms with Gasteiger partial charge in [-0.3, -0.25) is 9.59 Å². The van der Waals surface area contributed by atoms with Crippen molar-refractivity contribution in [3.63, 3.8) is 0 Å². The van der Waals surface area contributed by atoms with Crippen LogP contribution in [0.1, 0.15) is 34.0 Å². The van der Waals surface area contributed by atoms with E-state index in [1.165, 1.54) is 12.1 Å². The zero-order valence-electron chi connectivity index (χ0n) is 20.2. The number of amides is 1. The number of nitrogens with zero attached hydrogens (tertiary/aromatic N) is 5. The number of aromatic nitrogens is 6. The van der Waals surface area contributed by atoms with Gasteiger partial charge in [-0.15, -0.1) is 11.5 Å². The number of aryl methyl sites for hydroxylation is 2. The predicted octanol–water partition coefficient (Wildman–Crippen LogP) is 1.34. The Balaban J connectivity index is 1.51. The standard InChI is InChI=1S/C25H23FN8O4/c1-3-10-34(13-15-4-7-20-18(11-15)24(36)28-14(2)27-20)16-5-6-17(19(26)12-16)23(35)29-21(25(37)38)8-9-22-30-32-33-31-22/h1,4-7,11-12,21H,8-10,13H2,2H3,(H,29,35)(H,37,38)(H,27,28,36)(H,30,31,32,33). The number of fused-ring (bicyclic) bond motifs is 1. The Labute approximate surface area is 215 Å². The van der Waals surface area contributed by atoms with Gasteiger partial charge >= 0.3 is 5.97 Å². The van der Waals surface area contributed by atoms with Crippen molar-refractivity contribution in [3.8, 4) is 12.3 Å². The summed E-state index contributed by atoms with van der Waals surface area (Å²) in [5.41, 5.74) is 1.12. The van der Waals surface area contributed by atoms with Crippen LogP contribution in [0.4, 0.5) is 10.1 Å². The van der Waals surface area contributed by atoms with Gasteiger partial charge in [-0.2, -0.15) is 0 Å². The Morgan fingerprint density at radius 1 is 1.26 bits per heavy atom. The summed E-state index contributed by atoms with van der Waals surface area (Å²) in [5.74, 6) is 0.389. The van der Waals surface area contributed by atoms with Gasteiger partial charge in [0.1, 0.15) is 23.5 Å². The second-order valence-corrected chi connectivity index (χ2v) is 8.48. The monoisotopic (exact) mass is 518 g/mol. The van der Waals surface area contributed by atoms with E-state index in [4.69, 9.17) is 6.42 Å². The van der Waals surface area contributed by atoms with Crippen molar-refractivity contribution in [2.45, 2.75) is 32.4 Å². The predicted molar refractivity (Wildman–Crippen MR) is 135 cm³/mol. The second-order valence-electron chi connectivity index (χ2n) is 8.48. The van der Waals surface area contributed by atoms with Gasteiger partial charge < -0.3 is 20.3 Å². The lowest BCUT2D eigenvalue weighted by Crippen LogP contribution is -2.41. The molecule has 2 heterocycles. The number of anilines is 1. The summed E-state index contributed by atoms with van der Waals surface area (Å²) >= 11 is 0. The second kappa shape index (κ2) is 11.3. The first kappa shape index (κ1) is 26.0. The normalized spacial score (nSPS) is 11.6. The maximum Gasteiger partial charge on any atom is 0.326 e. The smallest absolute Gasteiger partial charge is 0.326 e. The first-order chi connectivity index (χ1) is 18.2. The van der Waals surface area contributed by atoms with E-state index in [0.717, 1.165) is 11.6 Å². The highest BCUT2D eigenvalue weighted by molar-refractivity contribution is 5.97. The molecule has 0 saturated heterocycles. The fourth-order valence-corrected chi connectivity index (χ4v) is 3.91. The average Bonchev–Trinajstić information content (AvgIpc) is 3.40. The van der Waals surface area contributed by atoms with E-state index in [1.54, 1.807) is 30.0 Å². The molecular weight excluding hydrogens is 495 g/mol. The number of hydrogen-bond acceptors (Lipinski definition) is 8. The number of aliphatic carboxylic acids is 1. The molecule has 1 amide bonds. The Morgan fingerprint density at radius 3 is 2.76 bits per heavy atom. The zero-order valence-corrected chi connectivity index (χ0v) is 20.2. The number of carboxylic acid groups (broad SMARTS) is 1. The van der Waals surface area contributed by atoms with Crippen LogP contribution in [0.2, 0.25) is 0 Å². The van der Waals surface area contributed by atoms with Crippen molar-refractivity contribution in [1.82, 2.24) is 35.9 Å². The van der Waals surface area contributed by atoms with Crippen molar-refractivity contribution in [1.29, 1.82) is 0 Å². The molecule has 0 spiro atoms. The number of H-pyrrole nitrogens is 2. The van der Waals surface area contributed by atoms with Crippen LogP contribution >= 0.6 is 0 Å². The molecule has 1 unspecified atom stereocenters. The van der Waals surface area contributed by atoms with Gasteiger partial charge in [0.05, 0.1) is 23.0 Å². The number of carbonyl (C=O) groups is 2. The summed E-state index contributed by atoms with van der Waals surface area (Å²) in [7, 11) is 0.